The molecule has 0 radical (unpaired) electrons. The maximum absolute atomic E-state index is 12.8. The summed E-state index contributed by atoms with van der Waals surface area (Å²) in [5, 5.41) is 2.50. The number of alkyl halides is 3. The molecule has 146 valence electrons. The molecule has 2 aliphatic rings. The van der Waals surface area contributed by atoms with E-state index >= 15 is 0 Å². The van der Waals surface area contributed by atoms with Crippen molar-refractivity contribution < 1.29 is 22.8 Å². The van der Waals surface area contributed by atoms with Crippen molar-refractivity contribution in [2.45, 2.75) is 25.2 Å². The van der Waals surface area contributed by atoms with Crippen LogP contribution in [0.5, 0.6) is 0 Å². The number of nitrogens with one attached hydrogen (secondary N) is 1. The van der Waals surface area contributed by atoms with Crippen LogP contribution in [0.25, 0.3) is 0 Å². The van der Waals surface area contributed by atoms with Gasteiger partial charge in [-0.3, -0.25) is 9.59 Å². The molecule has 1 N–H and O–H groups in total. The summed E-state index contributed by atoms with van der Waals surface area (Å²) in [5.41, 5.74) is 0.690. The third-order valence-corrected chi connectivity index (χ3v) is 5.25. The summed E-state index contributed by atoms with van der Waals surface area (Å²) >= 11 is 0. The highest BCUT2D eigenvalue weighted by Gasteiger charge is 2.39. The van der Waals surface area contributed by atoms with Gasteiger partial charge in [0.1, 0.15) is 6.17 Å². The van der Waals surface area contributed by atoms with Gasteiger partial charge in [-0.05, 0) is 49.2 Å². The van der Waals surface area contributed by atoms with Gasteiger partial charge in [-0.25, -0.2) is 0 Å². The van der Waals surface area contributed by atoms with E-state index in [-0.39, 0.29) is 23.3 Å². The summed E-state index contributed by atoms with van der Waals surface area (Å²) in [4.78, 5) is 29.0. The van der Waals surface area contributed by atoms with Crippen molar-refractivity contribution in [1.82, 2.24) is 4.90 Å². The smallest absolute Gasteiger partial charge is 0.354 e. The lowest BCUT2D eigenvalue weighted by atomic mass is 10.0. The van der Waals surface area contributed by atoms with Crippen molar-refractivity contribution in [3.05, 3.63) is 59.2 Å². The normalized spacial score (nSPS) is 18.7. The van der Waals surface area contributed by atoms with Crippen molar-refractivity contribution in [1.29, 1.82) is 0 Å². The van der Waals surface area contributed by atoms with Gasteiger partial charge in [-0.1, -0.05) is 6.07 Å². The molecule has 2 aliphatic heterocycles. The second-order valence-electron chi connectivity index (χ2n) is 7.00. The van der Waals surface area contributed by atoms with Crippen LogP contribution >= 0.6 is 0 Å². The quantitative estimate of drug-likeness (QED) is 0.846. The number of fused-ring (bicyclic) bond motifs is 2. The molecule has 1 fully saturated rings. The number of rotatable bonds is 2. The fourth-order valence-electron chi connectivity index (χ4n) is 3.83. The molecule has 1 unspecified atom stereocenters. The lowest BCUT2D eigenvalue weighted by Crippen LogP contribution is -2.50. The predicted molar refractivity (Wildman–Crippen MR) is 98.3 cm³/mol. The highest BCUT2D eigenvalue weighted by atomic mass is 19.4. The zero-order chi connectivity index (χ0) is 20.1. The first-order chi connectivity index (χ1) is 13.3. The Morgan fingerprint density at radius 1 is 1.18 bits per heavy atom. The second kappa shape index (κ2) is 6.54. The number of hydrogen-bond donors (Lipinski definition) is 1. The summed E-state index contributed by atoms with van der Waals surface area (Å²) in [6.07, 6.45) is -2.72. The molecule has 0 spiro atoms. The molecule has 2 amide bonds. The Morgan fingerprint density at radius 2 is 1.96 bits per heavy atom. The van der Waals surface area contributed by atoms with Gasteiger partial charge in [0.25, 0.3) is 11.8 Å². The molecular weight excluding hydrogens is 371 g/mol. The first-order valence-corrected chi connectivity index (χ1v) is 8.92. The van der Waals surface area contributed by atoms with Crippen molar-refractivity contribution in [2.75, 3.05) is 23.8 Å². The number of hydrogen-bond acceptors (Lipinski definition) is 3. The predicted octanol–water partition coefficient (Wildman–Crippen LogP) is 3.97. The topological polar surface area (TPSA) is 52.7 Å². The van der Waals surface area contributed by atoms with Gasteiger partial charge in [0, 0.05) is 24.8 Å². The lowest BCUT2D eigenvalue weighted by molar-refractivity contribution is -0.137. The first-order valence-electron chi connectivity index (χ1n) is 8.92. The average Bonchev–Trinajstić information content (AvgIpc) is 3.15. The number of nitrogens with zero attached hydrogens (tertiary/aromatic N) is 2. The molecule has 4 rings (SSSR count). The Kier molecular flexibility index (Phi) is 4.28. The van der Waals surface area contributed by atoms with Crippen LogP contribution < -0.4 is 10.2 Å². The maximum atomic E-state index is 12.8. The third-order valence-electron chi connectivity index (χ3n) is 5.25. The summed E-state index contributed by atoms with van der Waals surface area (Å²) in [6, 6.07) is 9.22. The molecule has 0 aromatic heterocycles. The zero-order valence-electron chi connectivity index (χ0n) is 15.1. The van der Waals surface area contributed by atoms with E-state index in [1.807, 2.05) is 16.8 Å². The number of benzene rings is 2. The molecular formula is C20H18F3N3O2. The van der Waals surface area contributed by atoms with Crippen LogP contribution in [-0.4, -0.2) is 36.5 Å². The molecule has 28 heavy (non-hydrogen) atoms. The summed E-state index contributed by atoms with van der Waals surface area (Å²) < 4.78 is 38.5. The Bertz CT molecular complexity index is 958. The van der Waals surface area contributed by atoms with E-state index in [2.05, 4.69) is 5.32 Å². The van der Waals surface area contributed by atoms with Crippen LogP contribution in [-0.2, 0) is 6.18 Å². The molecule has 0 aliphatic carbocycles. The van der Waals surface area contributed by atoms with Crippen LogP contribution in [0.1, 0.15) is 39.1 Å². The number of halogens is 3. The van der Waals surface area contributed by atoms with E-state index in [9.17, 15) is 22.8 Å². The van der Waals surface area contributed by atoms with Gasteiger partial charge in [0.15, 0.2) is 0 Å². The van der Waals surface area contributed by atoms with E-state index in [1.165, 1.54) is 18.2 Å². The van der Waals surface area contributed by atoms with Gasteiger partial charge >= 0.3 is 6.18 Å². The Morgan fingerprint density at radius 3 is 2.71 bits per heavy atom. The van der Waals surface area contributed by atoms with E-state index in [1.54, 1.807) is 12.1 Å². The lowest BCUT2D eigenvalue weighted by Gasteiger charge is -2.40. The van der Waals surface area contributed by atoms with E-state index in [0.717, 1.165) is 25.0 Å². The zero-order valence-corrected chi connectivity index (χ0v) is 15.1. The minimum absolute atomic E-state index is 0.0261. The Hall–Kier alpha value is -3.03. The van der Waals surface area contributed by atoms with Gasteiger partial charge in [-0.2, -0.15) is 13.2 Å². The minimum atomic E-state index is -4.48. The average molecular weight is 389 g/mol. The highest BCUT2D eigenvalue weighted by molar-refractivity contribution is 6.08. The Balaban J connectivity index is 1.60. The van der Waals surface area contributed by atoms with Crippen molar-refractivity contribution in [3.8, 4) is 0 Å². The fourth-order valence-corrected chi connectivity index (χ4v) is 3.83. The summed E-state index contributed by atoms with van der Waals surface area (Å²) in [6.45, 7) is 0.713. The van der Waals surface area contributed by atoms with Crippen LogP contribution in [0.2, 0.25) is 0 Å². The first kappa shape index (κ1) is 18.3. The highest BCUT2D eigenvalue weighted by Crippen LogP contribution is 2.35. The standard InChI is InChI=1S/C20H18F3N3O2/c1-25-16-10-12(7-8-15(16)19(28)26-9-3-6-17(25)26)18(27)24-14-5-2-4-13(11-14)20(21,22)23/h2,4-5,7-8,10-11,17H,3,6,9H2,1H3,(H,24,27). The summed E-state index contributed by atoms with van der Waals surface area (Å²) in [5.74, 6) is -0.586. The molecule has 1 atom stereocenters. The molecule has 0 bridgehead atoms. The van der Waals surface area contributed by atoms with Gasteiger partial charge in [-0.15, -0.1) is 0 Å². The van der Waals surface area contributed by atoms with Crippen LogP contribution in [0.15, 0.2) is 42.5 Å². The molecule has 1 saturated heterocycles. The third kappa shape index (κ3) is 3.08. The van der Waals surface area contributed by atoms with Crippen LogP contribution in [0, 0.1) is 0 Å². The number of carbonyl (C=O) groups excluding carboxylic acids is 2. The molecule has 8 heteroatoms. The SMILES string of the molecule is CN1c2cc(C(=O)Nc3cccc(C(F)(F)F)c3)ccc2C(=O)N2CCCC21. The van der Waals surface area contributed by atoms with E-state index in [4.69, 9.17) is 0 Å². The number of amides is 2. The van der Waals surface area contributed by atoms with Crippen LogP contribution in [0.3, 0.4) is 0 Å². The van der Waals surface area contributed by atoms with Crippen molar-refractivity contribution in [2.24, 2.45) is 0 Å². The minimum Gasteiger partial charge on any atom is -0.354 e. The largest absolute Gasteiger partial charge is 0.416 e. The fraction of sp³-hybridized carbons (Fsp3) is 0.300. The number of anilines is 2. The van der Waals surface area contributed by atoms with Crippen molar-refractivity contribution in [3.63, 3.8) is 0 Å². The van der Waals surface area contributed by atoms with Gasteiger partial charge in [0.05, 0.1) is 16.8 Å². The molecule has 2 heterocycles. The van der Waals surface area contributed by atoms with Crippen LogP contribution in [0.4, 0.5) is 24.5 Å². The molecule has 2 aromatic rings. The number of carbonyl (C=O) groups is 2. The van der Waals surface area contributed by atoms with Gasteiger partial charge in [0.2, 0.25) is 0 Å². The Labute approximate surface area is 159 Å². The van der Waals surface area contributed by atoms with Gasteiger partial charge < -0.3 is 15.1 Å². The van der Waals surface area contributed by atoms with E-state index in [0.29, 0.717) is 17.8 Å². The molecule has 2 aromatic carbocycles. The molecule has 0 saturated carbocycles. The monoisotopic (exact) mass is 389 g/mol. The maximum Gasteiger partial charge on any atom is 0.416 e. The molecule has 5 nitrogen and oxygen atoms in total. The van der Waals surface area contributed by atoms with E-state index < -0.39 is 17.6 Å². The summed E-state index contributed by atoms with van der Waals surface area (Å²) in [7, 11) is 1.88. The van der Waals surface area contributed by atoms with Crippen molar-refractivity contribution >= 4 is 23.2 Å². The second-order valence-corrected chi connectivity index (χ2v) is 7.00.